The molecule has 0 saturated carbocycles. The molecular formula is C13H22O3P+. The first-order chi connectivity index (χ1) is 8.13. The van der Waals surface area contributed by atoms with Crippen LogP contribution in [0, 0.1) is 0 Å². The largest absolute Gasteiger partial charge is 0.695 e. The Hall–Kier alpha value is -0.760. The van der Waals surface area contributed by atoms with Crippen LogP contribution in [0.3, 0.4) is 0 Å². The van der Waals surface area contributed by atoms with E-state index in [-0.39, 0.29) is 6.61 Å². The van der Waals surface area contributed by atoms with Gasteiger partial charge < -0.3 is 0 Å². The van der Waals surface area contributed by atoms with Gasteiger partial charge in [0.1, 0.15) is 6.61 Å². The van der Waals surface area contributed by atoms with Crippen LogP contribution in [0.2, 0.25) is 0 Å². The molecule has 1 rings (SSSR count). The fourth-order valence-corrected chi connectivity index (χ4v) is 1.33. The standard InChI is InChI=1S/C9H11O3P.C4H10/c1-2-8-4-3-5-9(6-8)7-12-13(10)11;1-3-4-2/h3-6H,2,7H2,1H3;3-4H2,1-2H3/p+1. The number of hydrogen-bond donors (Lipinski definition) is 1. The van der Waals surface area contributed by atoms with E-state index in [1.165, 1.54) is 18.4 Å². The topological polar surface area (TPSA) is 46.5 Å². The number of rotatable bonds is 5. The van der Waals surface area contributed by atoms with Crippen LogP contribution in [0.4, 0.5) is 0 Å². The first kappa shape index (κ1) is 16.2. The van der Waals surface area contributed by atoms with Gasteiger partial charge in [-0.25, -0.2) is 0 Å². The predicted octanol–water partition coefficient (Wildman–Crippen LogP) is 4.22. The summed E-state index contributed by atoms with van der Waals surface area (Å²) in [6.45, 7) is 6.62. The maximum absolute atomic E-state index is 10.3. The summed E-state index contributed by atoms with van der Waals surface area (Å²) in [4.78, 5) is 8.43. The first-order valence-electron chi connectivity index (χ1n) is 6.00. The molecule has 1 aromatic carbocycles. The zero-order chi connectivity index (χ0) is 13.1. The van der Waals surface area contributed by atoms with Crippen LogP contribution in [0.5, 0.6) is 0 Å². The molecule has 96 valence electrons. The molecule has 0 aromatic heterocycles. The lowest BCUT2D eigenvalue weighted by atomic mass is 10.1. The van der Waals surface area contributed by atoms with Crippen molar-refractivity contribution in [3.63, 3.8) is 0 Å². The molecule has 0 spiro atoms. The van der Waals surface area contributed by atoms with E-state index in [1.807, 2.05) is 24.3 Å². The van der Waals surface area contributed by atoms with Crippen molar-refractivity contribution in [2.24, 2.45) is 0 Å². The van der Waals surface area contributed by atoms with Gasteiger partial charge in [-0.3, -0.25) is 0 Å². The fourth-order valence-electron chi connectivity index (χ4n) is 1.07. The molecular weight excluding hydrogens is 235 g/mol. The molecule has 1 atom stereocenters. The van der Waals surface area contributed by atoms with Gasteiger partial charge in [-0.15, -0.1) is 9.42 Å². The number of hydrogen-bond acceptors (Lipinski definition) is 2. The molecule has 1 N–H and O–H groups in total. The van der Waals surface area contributed by atoms with Crippen molar-refractivity contribution < 1.29 is 14.0 Å². The molecule has 0 aliphatic rings. The lowest BCUT2D eigenvalue weighted by molar-refractivity contribution is 0.272. The number of unbranched alkanes of at least 4 members (excludes halogenated alkanes) is 1. The molecule has 0 aliphatic carbocycles. The molecule has 17 heavy (non-hydrogen) atoms. The Morgan fingerprint density at radius 3 is 2.24 bits per heavy atom. The first-order valence-corrected chi connectivity index (χ1v) is 7.13. The van der Waals surface area contributed by atoms with E-state index in [4.69, 9.17) is 4.89 Å². The maximum Gasteiger partial charge on any atom is 0.695 e. The predicted molar refractivity (Wildman–Crippen MR) is 71.0 cm³/mol. The summed E-state index contributed by atoms with van der Waals surface area (Å²) in [6, 6.07) is 7.78. The van der Waals surface area contributed by atoms with Gasteiger partial charge in [-0.2, -0.15) is 0 Å². The Labute approximate surface area is 105 Å². The van der Waals surface area contributed by atoms with Crippen molar-refractivity contribution >= 4 is 8.25 Å². The highest BCUT2D eigenvalue weighted by atomic mass is 31.1. The highest BCUT2D eigenvalue weighted by Crippen LogP contribution is 2.18. The van der Waals surface area contributed by atoms with Crippen LogP contribution in [0.15, 0.2) is 24.3 Å². The van der Waals surface area contributed by atoms with Crippen molar-refractivity contribution in [3.05, 3.63) is 35.4 Å². The van der Waals surface area contributed by atoms with Gasteiger partial charge in [0.2, 0.25) is 0 Å². The summed E-state index contributed by atoms with van der Waals surface area (Å²) in [5.41, 5.74) is 2.13. The quantitative estimate of drug-likeness (QED) is 0.803. The summed E-state index contributed by atoms with van der Waals surface area (Å²) >= 11 is 0. The van der Waals surface area contributed by atoms with Crippen LogP contribution >= 0.6 is 8.25 Å². The van der Waals surface area contributed by atoms with Gasteiger partial charge in [-0.05, 0) is 17.5 Å². The van der Waals surface area contributed by atoms with Crippen molar-refractivity contribution in [1.82, 2.24) is 0 Å². The second-order valence-electron chi connectivity index (χ2n) is 3.68. The number of aryl methyl sites for hydroxylation is 1. The third-order valence-electron chi connectivity index (χ3n) is 2.24. The van der Waals surface area contributed by atoms with Gasteiger partial charge in [0.05, 0.1) is 0 Å². The fraction of sp³-hybridized carbons (Fsp3) is 0.538. The van der Waals surface area contributed by atoms with Gasteiger partial charge in [0.25, 0.3) is 0 Å². The van der Waals surface area contributed by atoms with E-state index in [9.17, 15) is 4.57 Å². The van der Waals surface area contributed by atoms with Gasteiger partial charge in [-0.1, -0.05) is 57.9 Å². The third kappa shape index (κ3) is 8.99. The molecule has 0 heterocycles. The average molecular weight is 257 g/mol. The third-order valence-corrected chi connectivity index (χ3v) is 2.59. The van der Waals surface area contributed by atoms with Crippen molar-refractivity contribution in [2.45, 2.75) is 46.6 Å². The highest BCUT2D eigenvalue weighted by Gasteiger charge is 2.11. The lowest BCUT2D eigenvalue weighted by Crippen LogP contribution is -1.88. The van der Waals surface area contributed by atoms with Crippen molar-refractivity contribution in [1.29, 1.82) is 0 Å². The second-order valence-corrected chi connectivity index (χ2v) is 4.42. The van der Waals surface area contributed by atoms with E-state index in [0.29, 0.717) is 0 Å². The molecule has 0 radical (unpaired) electrons. The second kappa shape index (κ2) is 10.4. The van der Waals surface area contributed by atoms with E-state index >= 15 is 0 Å². The van der Waals surface area contributed by atoms with E-state index in [2.05, 4.69) is 25.3 Å². The lowest BCUT2D eigenvalue weighted by Gasteiger charge is -1.98. The minimum absolute atomic E-state index is 0.194. The minimum Gasteiger partial charge on any atom is -0.133 e. The monoisotopic (exact) mass is 257 g/mol. The van der Waals surface area contributed by atoms with Crippen molar-refractivity contribution in [2.75, 3.05) is 0 Å². The summed E-state index contributed by atoms with van der Waals surface area (Å²) in [7, 11) is -2.49. The molecule has 0 saturated heterocycles. The normalized spacial score (nSPS) is 10.5. The summed E-state index contributed by atoms with van der Waals surface area (Å²) < 4.78 is 14.8. The van der Waals surface area contributed by atoms with Crippen LogP contribution in [0.25, 0.3) is 0 Å². The molecule has 1 unspecified atom stereocenters. The molecule has 0 amide bonds. The highest BCUT2D eigenvalue weighted by molar-refractivity contribution is 7.32. The maximum atomic E-state index is 10.3. The minimum atomic E-state index is -2.49. The Kier molecular flexibility index (Phi) is 9.93. The van der Waals surface area contributed by atoms with Gasteiger partial charge in [0, 0.05) is 4.57 Å². The molecule has 4 heteroatoms. The zero-order valence-corrected chi connectivity index (χ0v) is 11.7. The Bertz CT molecular complexity index is 324. The van der Waals surface area contributed by atoms with Gasteiger partial charge in [0.15, 0.2) is 0 Å². The SMILES string of the molecule is CCCC.CCc1cccc(CO[P+](=O)O)c1. The van der Waals surface area contributed by atoms with Gasteiger partial charge >= 0.3 is 8.25 Å². The smallest absolute Gasteiger partial charge is 0.133 e. The van der Waals surface area contributed by atoms with E-state index < -0.39 is 8.25 Å². The zero-order valence-electron chi connectivity index (χ0n) is 10.8. The Morgan fingerprint density at radius 2 is 1.76 bits per heavy atom. The molecule has 0 aliphatic heterocycles. The summed E-state index contributed by atoms with van der Waals surface area (Å²) in [5, 5.41) is 0. The Balaban J connectivity index is 0.000000557. The van der Waals surface area contributed by atoms with Crippen LogP contribution in [-0.2, 0) is 22.1 Å². The molecule has 0 bridgehead atoms. The van der Waals surface area contributed by atoms with Crippen LogP contribution in [0.1, 0.15) is 44.7 Å². The molecule has 0 fully saturated rings. The summed E-state index contributed by atoms with van der Waals surface area (Å²) in [5.74, 6) is 0. The van der Waals surface area contributed by atoms with Crippen LogP contribution in [-0.4, -0.2) is 4.89 Å². The van der Waals surface area contributed by atoms with E-state index in [1.54, 1.807) is 0 Å². The van der Waals surface area contributed by atoms with Crippen LogP contribution < -0.4 is 0 Å². The van der Waals surface area contributed by atoms with Crippen molar-refractivity contribution in [3.8, 4) is 0 Å². The number of benzene rings is 1. The average Bonchev–Trinajstić information content (AvgIpc) is 2.37. The Morgan fingerprint density at radius 1 is 1.18 bits per heavy atom. The van der Waals surface area contributed by atoms with E-state index in [0.717, 1.165) is 12.0 Å². The summed E-state index contributed by atoms with van der Waals surface area (Å²) in [6.07, 6.45) is 3.60. The molecule has 1 aromatic rings. The molecule has 3 nitrogen and oxygen atoms in total.